The van der Waals surface area contributed by atoms with Gasteiger partial charge in [-0.3, -0.25) is 4.72 Å². The van der Waals surface area contributed by atoms with Crippen molar-refractivity contribution in [1.29, 1.82) is 0 Å². The number of aromatic amines is 1. The van der Waals surface area contributed by atoms with E-state index in [4.69, 9.17) is 0 Å². The van der Waals surface area contributed by atoms with Gasteiger partial charge in [0.15, 0.2) is 0 Å². The van der Waals surface area contributed by atoms with Gasteiger partial charge in [-0.1, -0.05) is 37.3 Å². The van der Waals surface area contributed by atoms with Crippen LogP contribution in [0.15, 0.2) is 71.8 Å². The summed E-state index contributed by atoms with van der Waals surface area (Å²) in [6, 6.07) is 18.4. The second-order valence-electron chi connectivity index (χ2n) is 6.04. The van der Waals surface area contributed by atoms with Crippen molar-refractivity contribution in [3.63, 3.8) is 0 Å². The summed E-state index contributed by atoms with van der Waals surface area (Å²) in [5.74, 6) is 0. The van der Waals surface area contributed by atoms with E-state index in [0.717, 1.165) is 28.1 Å². The zero-order valence-corrected chi connectivity index (χ0v) is 14.6. The zero-order valence-electron chi connectivity index (χ0n) is 13.8. The highest BCUT2D eigenvalue weighted by molar-refractivity contribution is 7.92. The fraction of sp³-hybridized carbons (Fsp3) is 0.100. The number of aryl methyl sites for hydroxylation is 1. The van der Waals surface area contributed by atoms with Crippen LogP contribution in [0.25, 0.3) is 21.7 Å². The molecule has 0 aliphatic heterocycles. The van der Waals surface area contributed by atoms with Gasteiger partial charge in [0.1, 0.15) is 0 Å². The molecule has 0 saturated carbocycles. The summed E-state index contributed by atoms with van der Waals surface area (Å²) in [5.41, 5.74) is 2.74. The van der Waals surface area contributed by atoms with Gasteiger partial charge in [0.25, 0.3) is 10.0 Å². The summed E-state index contributed by atoms with van der Waals surface area (Å²) < 4.78 is 28.2. The molecule has 126 valence electrons. The van der Waals surface area contributed by atoms with E-state index in [1.807, 2.05) is 48.7 Å². The van der Waals surface area contributed by atoms with Crippen LogP contribution in [-0.4, -0.2) is 13.4 Å². The quantitative estimate of drug-likeness (QED) is 0.561. The first-order chi connectivity index (χ1) is 12.1. The van der Waals surface area contributed by atoms with Crippen molar-refractivity contribution in [2.24, 2.45) is 0 Å². The standard InChI is InChI=1S/C20H18N2O2S/c1-2-14-13-21-20-10-8-17(12-19(14)20)22-25(23,24)18-9-7-15-5-3-4-6-16(15)11-18/h3-13,21-22H,2H2,1H3. The van der Waals surface area contributed by atoms with Gasteiger partial charge in [-0.25, -0.2) is 8.42 Å². The third-order valence-corrected chi connectivity index (χ3v) is 5.81. The van der Waals surface area contributed by atoms with Crippen molar-refractivity contribution < 1.29 is 8.42 Å². The lowest BCUT2D eigenvalue weighted by Gasteiger charge is -2.09. The summed E-state index contributed by atoms with van der Waals surface area (Å²) in [6.45, 7) is 2.08. The molecule has 0 aliphatic carbocycles. The maximum Gasteiger partial charge on any atom is 0.261 e. The molecule has 2 N–H and O–H groups in total. The molecule has 0 atom stereocenters. The van der Waals surface area contributed by atoms with E-state index < -0.39 is 10.0 Å². The number of anilines is 1. The monoisotopic (exact) mass is 350 g/mol. The highest BCUT2D eigenvalue weighted by Crippen LogP contribution is 2.25. The molecule has 0 bridgehead atoms. The average Bonchev–Trinajstić information content (AvgIpc) is 3.03. The number of rotatable bonds is 4. The lowest BCUT2D eigenvalue weighted by Crippen LogP contribution is -2.12. The first-order valence-electron chi connectivity index (χ1n) is 8.18. The predicted octanol–water partition coefficient (Wildman–Crippen LogP) is 4.68. The molecule has 4 rings (SSSR count). The van der Waals surface area contributed by atoms with Crippen LogP contribution in [-0.2, 0) is 16.4 Å². The first-order valence-corrected chi connectivity index (χ1v) is 9.67. The van der Waals surface area contributed by atoms with Crippen LogP contribution < -0.4 is 4.72 Å². The van der Waals surface area contributed by atoms with Gasteiger partial charge in [0.2, 0.25) is 0 Å². The molecule has 0 fully saturated rings. The van der Waals surface area contributed by atoms with Crippen molar-refractivity contribution in [2.45, 2.75) is 18.2 Å². The molecule has 3 aromatic carbocycles. The number of hydrogen-bond donors (Lipinski definition) is 2. The van der Waals surface area contributed by atoms with E-state index in [1.54, 1.807) is 18.2 Å². The predicted molar refractivity (Wildman–Crippen MR) is 102 cm³/mol. The Kier molecular flexibility index (Phi) is 3.73. The Balaban J connectivity index is 1.72. The molecule has 0 aliphatic rings. The van der Waals surface area contributed by atoms with Gasteiger partial charge in [-0.15, -0.1) is 0 Å². The van der Waals surface area contributed by atoms with Crippen LogP contribution in [0.4, 0.5) is 5.69 Å². The normalized spacial score (nSPS) is 11.9. The third-order valence-electron chi connectivity index (χ3n) is 4.43. The lowest BCUT2D eigenvalue weighted by atomic mass is 10.1. The van der Waals surface area contributed by atoms with E-state index >= 15 is 0 Å². The van der Waals surface area contributed by atoms with Crippen LogP contribution in [0.3, 0.4) is 0 Å². The van der Waals surface area contributed by atoms with Crippen molar-refractivity contribution in [1.82, 2.24) is 4.98 Å². The second kappa shape index (κ2) is 5.93. The Morgan fingerprint density at radius 3 is 2.56 bits per heavy atom. The molecule has 1 aromatic heterocycles. The van der Waals surface area contributed by atoms with E-state index in [1.165, 1.54) is 5.56 Å². The van der Waals surface area contributed by atoms with Crippen LogP contribution in [0, 0.1) is 0 Å². The highest BCUT2D eigenvalue weighted by atomic mass is 32.2. The molecule has 0 unspecified atom stereocenters. The molecule has 0 saturated heterocycles. The SMILES string of the molecule is CCc1c[nH]c2ccc(NS(=O)(=O)c3ccc4ccccc4c3)cc12. The number of H-pyrrole nitrogens is 1. The molecular formula is C20H18N2O2S. The van der Waals surface area contributed by atoms with Crippen LogP contribution in [0.2, 0.25) is 0 Å². The molecule has 0 amide bonds. The smallest absolute Gasteiger partial charge is 0.261 e. The Morgan fingerprint density at radius 2 is 1.76 bits per heavy atom. The van der Waals surface area contributed by atoms with Gasteiger partial charge in [-0.05, 0) is 53.1 Å². The maximum atomic E-state index is 12.8. The molecule has 0 radical (unpaired) electrons. The Labute approximate surface area is 146 Å². The fourth-order valence-corrected chi connectivity index (χ4v) is 4.17. The maximum absolute atomic E-state index is 12.8. The van der Waals surface area contributed by atoms with Gasteiger partial charge in [0, 0.05) is 22.8 Å². The number of nitrogens with one attached hydrogen (secondary N) is 2. The van der Waals surface area contributed by atoms with E-state index in [-0.39, 0.29) is 4.90 Å². The number of benzene rings is 3. The molecule has 4 aromatic rings. The molecular weight excluding hydrogens is 332 g/mol. The summed E-state index contributed by atoms with van der Waals surface area (Å²) in [6.07, 6.45) is 2.85. The van der Waals surface area contributed by atoms with Crippen LogP contribution >= 0.6 is 0 Å². The highest BCUT2D eigenvalue weighted by Gasteiger charge is 2.15. The van der Waals surface area contributed by atoms with E-state index in [2.05, 4.69) is 16.6 Å². The number of fused-ring (bicyclic) bond motifs is 2. The number of hydrogen-bond acceptors (Lipinski definition) is 2. The molecule has 5 heteroatoms. The van der Waals surface area contributed by atoms with Crippen molar-refractivity contribution in [2.75, 3.05) is 4.72 Å². The number of sulfonamides is 1. The van der Waals surface area contributed by atoms with Crippen molar-refractivity contribution >= 4 is 37.4 Å². The van der Waals surface area contributed by atoms with Gasteiger partial charge < -0.3 is 4.98 Å². The Morgan fingerprint density at radius 1 is 0.960 bits per heavy atom. The molecule has 1 heterocycles. The largest absolute Gasteiger partial charge is 0.361 e. The minimum atomic E-state index is -3.64. The minimum absolute atomic E-state index is 0.260. The van der Waals surface area contributed by atoms with E-state index in [9.17, 15) is 8.42 Å². The summed E-state index contributed by atoms with van der Waals surface area (Å²) >= 11 is 0. The van der Waals surface area contributed by atoms with E-state index in [0.29, 0.717) is 5.69 Å². The van der Waals surface area contributed by atoms with Crippen molar-refractivity contribution in [3.05, 3.63) is 72.4 Å². The van der Waals surface area contributed by atoms with Gasteiger partial charge in [0.05, 0.1) is 4.90 Å². The first kappa shape index (κ1) is 15.7. The molecule has 4 nitrogen and oxygen atoms in total. The van der Waals surface area contributed by atoms with Crippen LogP contribution in [0.1, 0.15) is 12.5 Å². The topological polar surface area (TPSA) is 62.0 Å². The fourth-order valence-electron chi connectivity index (χ4n) is 3.08. The number of aromatic nitrogens is 1. The molecule has 25 heavy (non-hydrogen) atoms. The van der Waals surface area contributed by atoms with Gasteiger partial charge >= 0.3 is 0 Å². The Hall–Kier alpha value is -2.79. The summed E-state index contributed by atoms with van der Waals surface area (Å²) in [5, 5.41) is 2.96. The molecule has 0 spiro atoms. The Bertz CT molecular complexity index is 1180. The minimum Gasteiger partial charge on any atom is -0.361 e. The lowest BCUT2D eigenvalue weighted by molar-refractivity contribution is 0.601. The van der Waals surface area contributed by atoms with Crippen molar-refractivity contribution in [3.8, 4) is 0 Å². The van der Waals surface area contributed by atoms with Crippen LogP contribution in [0.5, 0.6) is 0 Å². The second-order valence-corrected chi connectivity index (χ2v) is 7.72. The summed E-state index contributed by atoms with van der Waals surface area (Å²) in [4.78, 5) is 3.46. The zero-order chi connectivity index (χ0) is 17.4. The summed E-state index contributed by atoms with van der Waals surface area (Å²) in [7, 11) is -3.64. The average molecular weight is 350 g/mol. The third kappa shape index (κ3) is 2.87. The van der Waals surface area contributed by atoms with Gasteiger partial charge in [-0.2, -0.15) is 0 Å².